The molecule has 0 heterocycles. The Morgan fingerprint density at radius 2 is 2.15 bits per heavy atom. The molecule has 0 aromatic heterocycles. The fourth-order valence-electron chi connectivity index (χ4n) is 1.73. The maximum absolute atomic E-state index is 12.0. The first-order valence-electron chi connectivity index (χ1n) is 5.89. The van der Waals surface area contributed by atoms with Gasteiger partial charge in [-0.3, -0.25) is 0 Å². The first-order valence-corrected chi connectivity index (χ1v) is 7.75. The lowest BCUT2D eigenvalue weighted by molar-refractivity contribution is 0.548. The van der Waals surface area contributed by atoms with Crippen LogP contribution in [0.5, 0.6) is 0 Å². The van der Waals surface area contributed by atoms with Crippen molar-refractivity contribution in [2.24, 2.45) is 11.7 Å². The van der Waals surface area contributed by atoms with Crippen molar-refractivity contribution >= 4 is 34.0 Å². The van der Waals surface area contributed by atoms with E-state index in [0.29, 0.717) is 5.92 Å². The van der Waals surface area contributed by atoms with Crippen LogP contribution in [0.2, 0.25) is 5.02 Å². The zero-order valence-corrected chi connectivity index (χ0v) is 12.9. The van der Waals surface area contributed by atoms with Crippen molar-refractivity contribution in [3.8, 4) is 6.07 Å². The number of nitrogens with zero attached hydrogens (tertiary/aromatic N) is 1. The number of sulfonamides is 1. The third-order valence-electron chi connectivity index (χ3n) is 3.11. The number of benzene rings is 1. The third kappa shape index (κ3) is 4.08. The quantitative estimate of drug-likeness (QED) is 0.854. The van der Waals surface area contributed by atoms with Crippen molar-refractivity contribution in [3.05, 3.63) is 28.8 Å². The second-order valence-electron chi connectivity index (χ2n) is 4.61. The standard InChI is InChI=1S/C12H14ClN3O2S.ClH/c13-11-5-10(4-3-9(11)6-14)19(17,18)16-7-12(15)8-1-2-8;/h3-5,8,12,16H,1-2,7,15H2;1H. The summed E-state index contributed by atoms with van der Waals surface area (Å²) in [5, 5.41) is 8.86. The summed E-state index contributed by atoms with van der Waals surface area (Å²) >= 11 is 5.82. The Balaban J connectivity index is 0.00000200. The van der Waals surface area contributed by atoms with Gasteiger partial charge in [0.25, 0.3) is 0 Å². The summed E-state index contributed by atoms with van der Waals surface area (Å²) in [5.74, 6) is 0.423. The lowest BCUT2D eigenvalue weighted by Crippen LogP contribution is -2.38. The first-order chi connectivity index (χ1) is 8.94. The minimum atomic E-state index is -3.63. The van der Waals surface area contributed by atoms with E-state index in [4.69, 9.17) is 22.6 Å². The topological polar surface area (TPSA) is 96.0 Å². The normalized spacial score (nSPS) is 16.1. The van der Waals surface area contributed by atoms with Crippen LogP contribution in [-0.2, 0) is 10.0 Å². The summed E-state index contributed by atoms with van der Waals surface area (Å²) in [4.78, 5) is 0.0412. The predicted octanol–water partition coefficient (Wildman–Crippen LogP) is 1.65. The Kier molecular flexibility index (Phi) is 5.80. The second kappa shape index (κ2) is 6.74. The van der Waals surface area contributed by atoms with Crippen LogP contribution >= 0.6 is 24.0 Å². The lowest BCUT2D eigenvalue weighted by Gasteiger charge is -2.12. The molecular formula is C12H15Cl2N3O2S. The molecule has 1 saturated carbocycles. The molecule has 5 nitrogen and oxygen atoms in total. The minimum Gasteiger partial charge on any atom is -0.326 e. The molecular weight excluding hydrogens is 321 g/mol. The molecule has 1 aromatic rings. The van der Waals surface area contributed by atoms with Crippen LogP contribution in [0.3, 0.4) is 0 Å². The summed E-state index contributed by atoms with van der Waals surface area (Å²) in [6.07, 6.45) is 2.12. The molecule has 1 aromatic carbocycles. The molecule has 20 heavy (non-hydrogen) atoms. The maximum Gasteiger partial charge on any atom is 0.240 e. The van der Waals surface area contributed by atoms with E-state index in [1.54, 1.807) is 0 Å². The number of nitrogens with two attached hydrogens (primary N) is 1. The first kappa shape index (κ1) is 17.2. The van der Waals surface area contributed by atoms with E-state index in [-0.39, 0.29) is 40.5 Å². The van der Waals surface area contributed by atoms with E-state index in [2.05, 4.69) is 4.72 Å². The Labute approximate surface area is 129 Å². The highest BCUT2D eigenvalue weighted by Gasteiger charge is 2.29. The van der Waals surface area contributed by atoms with Gasteiger partial charge in [0.2, 0.25) is 10.0 Å². The fraction of sp³-hybridized carbons (Fsp3) is 0.417. The molecule has 0 aliphatic heterocycles. The number of hydrogen-bond acceptors (Lipinski definition) is 4. The Morgan fingerprint density at radius 3 is 2.65 bits per heavy atom. The minimum absolute atomic E-state index is 0. The highest BCUT2D eigenvalue weighted by Crippen LogP contribution is 2.31. The van der Waals surface area contributed by atoms with Gasteiger partial charge in [-0.05, 0) is 37.0 Å². The van der Waals surface area contributed by atoms with E-state index >= 15 is 0 Å². The number of hydrogen-bond donors (Lipinski definition) is 2. The lowest BCUT2D eigenvalue weighted by atomic mass is 10.2. The Hall–Kier alpha value is -0.840. The number of halogens is 2. The van der Waals surface area contributed by atoms with Crippen LogP contribution in [0.4, 0.5) is 0 Å². The third-order valence-corrected chi connectivity index (χ3v) is 4.84. The van der Waals surface area contributed by atoms with Gasteiger partial charge >= 0.3 is 0 Å². The molecule has 0 saturated heterocycles. The van der Waals surface area contributed by atoms with E-state index in [1.807, 2.05) is 6.07 Å². The molecule has 1 aliphatic rings. The van der Waals surface area contributed by atoms with Gasteiger partial charge in [0.05, 0.1) is 15.5 Å². The largest absolute Gasteiger partial charge is 0.326 e. The Bertz CT molecular complexity index is 624. The average molecular weight is 336 g/mol. The van der Waals surface area contributed by atoms with Crippen LogP contribution < -0.4 is 10.5 Å². The molecule has 2 rings (SSSR count). The van der Waals surface area contributed by atoms with Crippen LogP contribution in [0.15, 0.2) is 23.1 Å². The van der Waals surface area contributed by atoms with Crippen LogP contribution in [0.25, 0.3) is 0 Å². The monoisotopic (exact) mass is 335 g/mol. The van der Waals surface area contributed by atoms with Gasteiger partial charge in [0.1, 0.15) is 6.07 Å². The van der Waals surface area contributed by atoms with Crippen molar-refractivity contribution in [1.82, 2.24) is 4.72 Å². The van der Waals surface area contributed by atoms with Crippen LogP contribution in [0, 0.1) is 17.2 Å². The summed E-state index contributed by atoms with van der Waals surface area (Å²) in [6, 6.07) is 5.74. The molecule has 1 fully saturated rings. The molecule has 1 aliphatic carbocycles. The Morgan fingerprint density at radius 1 is 1.50 bits per heavy atom. The van der Waals surface area contributed by atoms with Crippen LogP contribution in [-0.4, -0.2) is 21.0 Å². The SMILES string of the molecule is Cl.N#Cc1ccc(S(=O)(=O)NCC(N)C2CC2)cc1Cl. The smallest absolute Gasteiger partial charge is 0.240 e. The molecule has 0 spiro atoms. The molecule has 3 N–H and O–H groups in total. The molecule has 1 atom stereocenters. The van der Waals surface area contributed by atoms with Gasteiger partial charge < -0.3 is 5.73 Å². The van der Waals surface area contributed by atoms with Crippen molar-refractivity contribution in [2.45, 2.75) is 23.8 Å². The van der Waals surface area contributed by atoms with Gasteiger partial charge in [-0.15, -0.1) is 12.4 Å². The van der Waals surface area contributed by atoms with Crippen molar-refractivity contribution in [3.63, 3.8) is 0 Å². The van der Waals surface area contributed by atoms with E-state index in [9.17, 15) is 8.42 Å². The number of nitrogens with one attached hydrogen (secondary N) is 1. The highest BCUT2D eigenvalue weighted by molar-refractivity contribution is 7.89. The fourth-order valence-corrected chi connectivity index (χ4v) is 3.12. The second-order valence-corrected chi connectivity index (χ2v) is 6.78. The van der Waals surface area contributed by atoms with E-state index < -0.39 is 10.0 Å². The van der Waals surface area contributed by atoms with Crippen LogP contribution in [0.1, 0.15) is 18.4 Å². The van der Waals surface area contributed by atoms with Gasteiger partial charge in [0, 0.05) is 12.6 Å². The molecule has 0 radical (unpaired) electrons. The summed E-state index contributed by atoms with van der Waals surface area (Å²) in [6.45, 7) is 0.213. The summed E-state index contributed by atoms with van der Waals surface area (Å²) in [7, 11) is -3.63. The van der Waals surface area contributed by atoms with Crippen molar-refractivity contribution in [2.75, 3.05) is 6.54 Å². The maximum atomic E-state index is 12.0. The molecule has 1 unspecified atom stereocenters. The van der Waals surface area contributed by atoms with Crippen molar-refractivity contribution < 1.29 is 8.42 Å². The summed E-state index contributed by atoms with van der Waals surface area (Å²) in [5.41, 5.74) is 6.09. The van der Waals surface area contributed by atoms with E-state index in [1.165, 1.54) is 18.2 Å². The zero-order chi connectivity index (χ0) is 14.0. The van der Waals surface area contributed by atoms with Gasteiger partial charge in [-0.1, -0.05) is 11.6 Å². The van der Waals surface area contributed by atoms with Gasteiger partial charge in [0.15, 0.2) is 0 Å². The number of rotatable bonds is 5. The number of nitriles is 1. The molecule has 0 amide bonds. The predicted molar refractivity (Wildman–Crippen MR) is 79.3 cm³/mol. The van der Waals surface area contributed by atoms with Gasteiger partial charge in [-0.25, -0.2) is 13.1 Å². The van der Waals surface area contributed by atoms with Crippen molar-refractivity contribution in [1.29, 1.82) is 5.26 Å². The highest BCUT2D eigenvalue weighted by atomic mass is 35.5. The van der Waals surface area contributed by atoms with E-state index in [0.717, 1.165) is 12.8 Å². The van der Waals surface area contributed by atoms with Gasteiger partial charge in [-0.2, -0.15) is 5.26 Å². The molecule has 0 bridgehead atoms. The molecule has 8 heteroatoms. The molecule has 110 valence electrons. The summed E-state index contributed by atoms with van der Waals surface area (Å²) < 4.78 is 26.5. The zero-order valence-electron chi connectivity index (χ0n) is 10.5. The average Bonchev–Trinajstić information content (AvgIpc) is 3.20.